The van der Waals surface area contributed by atoms with Crippen molar-refractivity contribution in [2.75, 3.05) is 34.7 Å². The minimum atomic E-state index is -3.38. The topological polar surface area (TPSA) is 82.6 Å². The summed E-state index contributed by atoms with van der Waals surface area (Å²) in [4.78, 5) is 20.5. The molecule has 0 aliphatic heterocycles. The number of hydrogen-bond donors (Lipinski definition) is 1. The third-order valence-electron chi connectivity index (χ3n) is 5.40. The predicted molar refractivity (Wildman–Crippen MR) is 113 cm³/mol. The van der Waals surface area contributed by atoms with Crippen LogP contribution in [0.5, 0.6) is 0 Å². The van der Waals surface area contributed by atoms with Gasteiger partial charge < -0.3 is 4.90 Å². The van der Waals surface area contributed by atoms with E-state index in [-0.39, 0.29) is 5.91 Å². The summed E-state index contributed by atoms with van der Waals surface area (Å²) in [5, 5.41) is 1.08. The molecular formula is C19H28N4O3S2. The van der Waals surface area contributed by atoms with Gasteiger partial charge in [0.05, 0.1) is 4.88 Å². The molecule has 2 aromatic rings. The van der Waals surface area contributed by atoms with E-state index in [4.69, 9.17) is 0 Å². The van der Waals surface area contributed by atoms with Gasteiger partial charge in [-0.05, 0) is 49.1 Å². The number of amides is 1. The first-order valence-corrected chi connectivity index (χ1v) is 11.7. The van der Waals surface area contributed by atoms with Crippen molar-refractivity contribution >= 4 is 37.7 Å². The first-order valence-electron chi connectivity index (χ1n) is 9.47. The van der Waals surface area contributed by atoms with Gasteiger partial charge in [-0.2, -0.15) is 12.7 Å². The van der Waals surface area contributed by atoms with E-state index in [1.807, 2.05) is 6.07 Å². The standard InChI is InChI=1S/C19H28N4O3S2/c1-22(2)19(24)17-16(15-6-5-11-20-18(15)27-17)14-9-7-13(8-10-14)12-21-28(25,26)23(3)4/h5-6,11,13-14,21H,7-10,12H2,1-4H3. The number of nitrogens with zero attached hydrogens (tertiary/aromatic N) is 3. The van der Waals surface area contributed by atoms with Gasteiger partial charge in [0, 0.05) is 46.3 Å². The van der Waals surface area contributed by atoms with Crippen LogP contribution < -0.4 is 4.72 Å². The van der Waals surface area contributed by atoms with Crippen LogP contribution in [0.15, 0.2) is 18.3 Å². The molecule has 1 amide bonds. The number of thiophene rings is 1. The van der Waals surface area contributed by atoms with Gasteiger partial charge >= 0.3 is 0 Å². The Kier molecular flexibility index (Phi) is 6.38. The van der Waals surface area contributed by atoms with Gasteiger partial charge in [-0.3, -0.25) is 4.79 Å². The number of carbonyl (C=O) groups is 1. The van der Waals surface area contributed by atoms with E-state index in [1.165, 1.54) is 29.7 Å². The van der Waals surface area contributed by atoms with Crippen LogP contribution in [0.3, 0.4) is 0 Å². The van der Waals surface area contributed by atoms with Crippen LogP contribution in [-0.2, 0) is 10.2 Å². The van der Waals surface area contributed by atoms with E-state index in [2.05, 4.69) is 15.8 Å². The third kappa shape index (κ3) is 4.37. The highest BCUT2D eigenvalue weighted by molar-refractivity contribution is 7.87. The van der Waals surface area contributed by atoms with E-state index >= 15 is 0 Å². The molecule has 9 heteroatoms. The average Bonchev–Trinajstić information content (AvgIpc) is 3.05. The normalized spacial score (nSPS) is 20.6. The Morgan fingerprint density at radius 2 is 1.89 bits per heavy atom. The van der Waals surface area contributed by atoms with Crippen molar-refractivity contribution < 1.29 is 13.2 Å². The third-order valence-corrected chi connectivity index (χ3v) is 8.01. The molecule has 1 saturated carbocycles. The zero-order valence-electron chi connectivity index (χ0n) is 16.8. The average molecular weight is 425 g/mol. The molecule has 7 nitrogen and oxygen atoms in total. The van der Waals surface area contributed by atoms with Crippen molar-refractivity contribution in [3.63, 3.8) is 0 Å². The van der Waals surface area contributed by atoms with E-state index in [9.17, 15) is 13.2 Å². The summed E-state index contributed by atoms with van der Waals surface area (Å²) in [5.41, 5.74) is 1.12. The monoisotopic (exact) mass is 424 g/mol. The van der Waals surface area contributed by atoms with Crippen molar-refractivity contribution in [2.45, 2.75) is 31.6 Å². The van der Waals surface area contributed by atoms with Gasteiger partial charge in [0.2, 0.25) is 0 Å². The molecule has 2 aromatic heterocycles. The Balaban J connectivity index is 1.76. The summed E-state index contributed by atoms with van der Waals surface area (Å²) in [5.74, 6) is 0.652. The number of hydrogen-bond acceptors (Lipinski definition) is 5. The lowest BCUT2D eigenvalue weighted by atomic mass is 9.78. The SMILES string of the molecule is CN(C)C(=O)c1sc2ncccc2c1C1CCC(CNS(=O)(=O)N(C)C)CC1. The molecule has 28 heavy (non-hydrogen) atoms. The maximum Gasteiger partial charge on any atom is 0.278 e. The summed E-state index contributed by atoms with van der Waals surface area (Å²) < 4.78 is 27.7. The number of aromatic nitrogens is 1. The molecule has 0 aromatic carbocycles. The highest BCUT2D eigenvalue weighted by atomic mass is 32.2. The van der Waals surface area contributed by atoms with Crippen LogP contribution in [0.1, 0.15) is 46.8 Å². The highest BCUT2D eigenvalue weighted by Crippen LogP contribution is 2.43. The van der Waals surface area contributed by atoms with Crippen LogP contribution in [-0.4, -0.2) is 63.2 Å². The number of nitrogens with one attached hydrogen (secondary N) is 1. The zero-order chi connectivity index (χ0) is 20.5. The number of fused-ring (bicyclic) bond motifs is 1. The zero-order valence-corrected chi connectivity index (χ0v) is 18.4. The van der Waals surface area contributed by atoms with Gasteiger partial charge in [-0.15, -0.1) is 11.3 Å². The van der Waals surface area contributed by atoms with Gasteiger partial charge in [-0.25, -0.2) is 9.71 Å². The fourth-order valence-electron chi connectivity index (χ4n) is 3.73. The van der Waals surface area contributed by atoms with E-state index in [1.54, 1.807) is 25.2 Å². The molecule has 0 saturated heterocycles. The van der Waals surface area contributed by atoms with Crippen molar-refractivity contribution in [3.8, 4) is 0 Å². The molecule has 1 N–H and O–H groups in total. The van der Waals surface area contributed by atoms with E-state index in [0.29, 0.717) is 18.4 Å². The van der Waals surface area contributed by atoms with Crippen molar-refractivity contribution in [3.05, 3.63) is 28.8 Å². The van der Waals surface area contributed by atoms with Crippen LogP contribution in [0, 0.1) is 5.92 Å². The maximum atomic E-state index is 12.7. The minimum absolute atomic E-state index is 0.0267. The Bertz CT molecular complexity index is 945. The fraction of sp³-hybridized carbons (Fsp3) is 0.579. The molecule has 3 rings (SSSR count). The van der Waals surface area contributed by atoms with Crippen molar-refractivity contribution in [1.29, 1.82) is 0 Å². The molecule has 154 valence electrons. The van der Waals surface area contributed by atoms with Gasteiger partial charge in [-0.1, -0.05) is 6.07 Å². The molecule has 0 radical (unpaired) electrons. The molecule has 0 bridgehead atoms. The second-order valence-corrected chi connectivity index (χ2v) is 10.7. The van der Waals surface area contributed by atoms with Crippen LogP contribution in [0.4, 0.5) is 0 Å². The molecular weight excluding hydrogens is 396 g/mol. The quantitative estimate of drug-likeness (QED) is 0.773. The molecule has 1 aliphatic carbocycles. The lowest BCUT2D eigenvalue weighted by Crippen LogP contribution is -2.39. The summed E-state index contributed by atoms with van der Waals surface area (Å²) in [6.45, 7) is 0.461. The van der Waals surface area contributed by atoms with Crippen LogP contribution in [0.2, 0.25) is 0 Å². The molecule has 2 heterocycles. The first-order chi connectivity index (χ1) is 13.2. The molecule has 1 aliphatic rings. The lowest BCUT2D eigenvalue weighted by molar-refractivity contribution is 0.0830. The summed E-state index contributed by atoms with van der Waals surface area (Å²) in [6, 6.07) is 3.97. The van der Waals surface area contributed by atoms with E-state index in [0.717, 1.165) is 46.3 Å². The van der Waals surface area contributed by atoms with Crippen molar-refractivity contribution in [2.24, 2.45) is 5.92 Å². The Morgan fingerprint density at radius 1 is 1.21 bits per heavy atom. The predicted octanol–water partition coefficient (Wildman–Crippen LogP) is 2.67. The maximum absolute atomic E-state index is 12.7. The number of rotatable bonds is 6. The second-order valence-electron chi connectivity index (χ2n) is 7.75. The van der Waals surface area contributed by atoms with Gasteiger partial charge in [0.1, 0.15) is 4.83 Å². The minimum Gasteiger partial charge on any atom is -0.344 e. The Morgan fingerprint density at radius 3 is 2.50 bits per heavy atom. The first kappa shape index (κ1) is 21.2. The summed E-state index contributed by atoms with van der Waals surface area (Å²) in [7, 11) is 3.22. The number of carbonyl (C=O) groups excluding carboxylic acids is 1. The molecule has 0 spiro atoms. The molecule has 0 unspecified atom stereocenters. The highest BCUT2D eigenvalue weighted by Gasteiger charge is 2.30. The van der Waals surface area contributed by atoms with Gasteiger partial charge in [0.15, 0.2) is 0 Å². The van der Waals surface area contributed by atoms with Crippen LogP contribution >= 0.6 is 11.3 Å². The van der Waals surface area contributed by atoms with Crippen molar-refractivity contribution in [1.82, 2.24) is 18.9 Å². The number of pyridine rings is 1. The molecule has 0 atom stereocenters. The largest absolute Gasteiger partial charge is 0.344 e. The van der Waals surface area contributed by atoms with Crippen LogP contribution in [0.25, 0.3) is 10.2 Å². The second kappa shape index (κ2) is 8.44. The van der Waals surface area contributed by atoms with E-state index < -0.39 is 10.2 Å². The van der Waals surface area contributed by atoms with Gasteiger partial charge in [0.25, 0.3) is 16.1 Å². The smallest absolute Gasteiger partial charge is 0.278 e. The Labute approximate surface area is 170 Å². The summed E-state index contributed by atoms with van der Waals surface area (Å²) in [6.07, 6.45) is 5.54. The molecule has 1 fully saturated rings. The fourth-order valence-corrected chi connectivity index (χ4v) is 5.68. The summed E-state index contributed by atoms with van der Waals surface area (Å²) >= 11 is 1.47. The lowest BCUT2D eigenvalue weighted by Gasteiger charge is -2.29. The Hall–Kier alpha value is -1.55.